The second-order valence-corrected chi connectivity index (χ2v) is 12.8. The molecule has 0 saturated carbocycles. The van der Waals surface area contributed by atoms with Crippen molar-refractivity contribution < 1.29 is 13.9 Å². The molecule has 7 nitrogen and oxygen atoms in total. The minimum atomic E-state index is -0.489. The average Bonchev–Trinajstić information content (AvgIpc) is 3.53. The second-order valence-electron chi connectivity index (χ2n) is 12.8. The number of amides is 1. The van der Waals surface area contributed by atoms with Crippen LogP contribution in [-0.2, 0) is 4.74 Å². The van der Waals surface area contributed by atoms with Crippen LogP contribution in [0.2, 0.25) is 0 Å². The highest BCUT2D eigenvalue weighted by atomic mass is 16.6. The minimum absolute atomic E-state index is 0.245. The Labute approximate surface area is 275 Å². The Morgan fingerprint density at radius 3 is 2.00 bits per heavy atom. The highest BCUT2D eigenvalue weighted by Crippen LogP contribution is 2.38. The van der Waals surface area contributed by atoms with Gasteiger partial charge in [0.1, 0.15) is 17.4 Å². The number of pyridine rings is 1. The third kappa shape index (κ3) is 6.56. The van der Waals surface area contributed by atoms with Gasteiger partial charge < -0.3 is 23.9 Å². The average molecular weight is 623 g/mol. The number of hydrogen-bond acceptors (Lipinski definition) is 6. The van der Waals surface area contributed by atoms with Gasteiger partial charge in [0.25, 0.3) is 0 Å². The standard InChI is InChI=1S/C40H38N4O3/c1-40(2,3)47-39(45)43-23-21-42(22-24-43)32-19-17-29(18-20-32)31-26-37-38(41-27-31)36(28-46-37)30-11-10-16-35(25-30)44(33-12-6-4-7-13-33)34-14-8-5-9-15-34/h4-20,25-28H,21-24H2,1-3H3. The molecule has 0 unspecified atom stereocenters. The van der Waals surface area contributed by atoms with E-state index in [1.165, 1.54) is 0 Å². The first kappa shape index (κ1) is 30.1. The molecule has 6 aromatic rings. The molecule has 0 spiro atoms. The highest BCUT2D eigenvalue weighted by molar-refractivity contribution is 5.93. The fourth-order valence-electron chi connectivity index (χ4n) is 6.03. The van der Waals surface area contributed by atoms with Crippen LogP contribution < -0.4 is 9.80 Å². The number of para-hydroxylation sites is 2. The van der Waals surface area contributed by atoms with Crippen LogP contribution in [0.5, 0.6) is 0 Å². The van der Waals surface area contributed by atoms with Crippen molar-refractivity contribution in [2.75, 3.05) is 36.0 Å². The van der Waals surface area contributed by atoms with Crippen molar-refractivity contribution in [3.05, 3.63) is 128 Å². The van der Waals surface area contributed by atoms with E-state index in [0.717, 1.165) is 69.2 Å². The molecule has 0 N–H and O–H groups in total. The van der Waals surface area contributed by atoms with Crippen LogP contribution in [0, 0.1) is 0 Å². The lowest BCUT2D eigenvalue weighted by atomic mass is 10.0. The number of carbonyl (C=O) groups is 1. The molecule has 1 aliphatic heterocycles. The summed E-state index contributed by atoms with van der Waals surface area (Å²) in [5.74, 6) is 0. The summed E-state index contributed by atoms with van der Waals surface area (Å²) in [6.45, 7) is 8.48. The fourth-order valence-corrected chi connectivity index (χ4v) is 6.03. The zero-order valence-electron chi connectivity index (χ0n) is 27.0. The van der Waals surface area contributed by atoms with E-state index < -0.39 is 5.60 Å². The minimum Gasteiger partial charge on any atom is -0.462 e. The van der Waals surface area contributed by atoms with Gasteiger partial charge in [-0.1, -0.05) is 60.7 Å². The van der Waals surface area contributed by atoms with Crippen molar-refractivity contribution in [1.29, 1.82) is 0 Å². The maximum absolute atomic E-state index is 12.5. The van der Waals surface area contributed by atoms with Gasteiger partial charge in [-0.2, -0.15) is 0 Å². The molecule has 2 aromatic heterocycles. The summed E-state index contributed by atoms with van der Waals surface area (Å²) in [5, 5.41) is 0. The quantitative estimate of drug-likeness (QED) is 0.184. The van der Waals surface area contributed by atoms with Gasteiger partial charge in [-0.05, 0) is 86.5 Å². The summed E-state index contributed by atoms with van der Waals surface area (Å²) < 4.78 is 11.6. The molecule has 0 radical (unpaired) electrons. The van der Waals surface area contributed by atoms with Gasteiger partial charge in [0.2, 0.25) is 0 Å². The molecule has 0 bridgehead atoms. The van der Waals surface area contributed by atoms with E-state index in [2.05, 4.69) is 113 Å². The van der Waals surface area contributed by atoms with Gasteiger partial charge in [0, 0.05) is 66.3 Å². The van der Waals surface area contributed by atoms with Crippen LogP contribution >= 0.6 is 0 Å². The van der Waals surface area contributed by atoms with Gasteiger partial charge in [-0.15, -0.1) is 0 Å². The summed E-state index contributed by atoms with van der Waals surface area (Å²) in [6, 6.07) is 39.8. The van der Waals surface area contributed by atoms with E-state index in [9.17, 15) is 4.79 Å². The number of furan rings is 1. The molecule has 0 atom stereocenters. The molecule has 47 heavy (non-hydrogen) atoms. The van der Waals surface area contributed by atoms with Crippen LogP contribution in [0.3, 0.4) is 0 Å². The Morgan fingerprint density at radius 2 is 1.36 bits per heavy atom. The number of ether oxygens (including phenoxy) is 1. The van der Waals surface area contributed by atoms with Crippen LogP contribution in [0.15, 0.2) is 132 Å². The van der Waals surface area contributed by atoms with Crippen LogP contribution in [-0.4, -0.2) is 47.8 Å². The number of fused-ring (bicyclic) bond motifs is 1. The Balaban J connectivity index is 1.09. The molecule has 1 amide bonds. The molecule has 1 saturated heterocycles. The number of anilines is 4. The van der Waals surface area contributed by atoms with Gasteiger partial charge in [-0.3, -0.25) is 4.98 Å². The van der Waals surface area contributed by atoms with Crippen molar-refractivity contribution >= 4 is 39.9 Å². The third-order valence-corrected chi connectivity index (χ3v) is 8.35. The topological polar surface area (TPSA) is 62.1 Å². The lowest BCUT2D eigenvalue weighted by molar-refractivity contribution is 0.0240. The van der Waals surface area contributed by atoms with E-state index in [1.54, 1.807) is 11.2 Å². The maximum Gasteiger partial charge on any atom is 0.410 e. The smallest absolute Gasteiger partial charge is 0.410 e. The Bertz CT molecular complexity index is 1930. The predicted octanol–water partition coefficient (Wildman–Crippen LogP) is 9.69. The molecule has 7 heteroatoms. The van der Waals surface area contributed by atoms with Crippen LogP contribution in [0.1, 0.15) is 20.8 Å². The van der Waals surface area contributed by atoms with E-state index >= 15 is 0 Å². The van der Waals surface area contributed by atoms with Crippen molar-refractivity contribution in [2.45, 2.75) is 26.4 Å². The van der Waals surface area contributed by atoms with E-state index in [1.807, 2.05) is 39.1 Å². The predicted molar refractivity (Wildman–Crippen MR) is 190 cm³/mol. The lowest BCUT2D eigenvalue weighted by Gasteiger charge is -2.36. The van der Waals surface area contributed by atoms with Gasteiger partial charge in [0.15, 0.2) is 5.58 Å². The largest absolute Gasteiger partial charge is 0.462 e. The fraction of sp³-hybridized carbons (Fsp3) is 0.200. The molecule has 236 valence electrons. The zero-order chi connectivity index (χ0) is 32.4. The third-order valence-electron chi connectivity index (χ3n) is 8.35. The maximum atomic E-state index is 12.5. The Hall–Kier alpha value is -5.56. The number of aromatic nitrogens is 1. The molecular weight excluding hydrogens is 584 g/mol. The summed E-state index contributed by atoms with van der Waals surface area (Å²) in [4.78, 5) is 23.7. The molecule has 4 aromatic carbocycles. The zero-order valence-corrected chi connectivity index (χ0v) is 27.0. The number of hydrogen-bond donors (Lipinski definition) is 0. The second kappa shape index (κ2) is 12.7. The monoisotopic (exact) mass is 622 g/mol. The number of benzene rings is 4. The van der Waals surface area contributed by atoms with Crippen LogP contribution in [0.25, 0.3) is 33.4 Å². The first-order valence-corrected chi connectivity index (χ1v) is 16.0. The van der Waals surface area contributed by atoms with Gasteiger partial charge in [0.05, 0.1) is 0 Å². The van der Waals surface area contributed by atoms with Crippen molar-refractivity contribution in [2.24, 2.45) is 0 Å². The summed E-state index contributed by atoms with van der Waals surface area (Å²) in [7, 11) is 0. The van der Waals surface area contributed by atoms with E-state index in [0.29, 0.717) is 13.1 Å². The van der Waals surface area contributed by atoms with E-state index in [-0.39, 0.29) is 6.09 Å². The van der Waals surface area contributed by atoms with Crippen LogP contribution in [0.4, 0.5) is 27.5 Å². The molecule has 7 rings (SSSR count). The Morgan fingerprint density at radius 1 is 0.723 bits per heavy atom. The van der Waals surface area contributed by atoms with Gasteiger partial charge >= 0.3 is 6.09 Å². The molecule has 1 aliphatic rings. The lowest BCUT2D eigenvalue weighted by Crippen LogP contribution is -2.50. The van der Waals surface area contributed by atoms with Crippen molar-refractivity contribution in [1.82, 2.24) is 9.88 Å². The number of carbonyl (C=O) groups excluding carboxylic acids is 1. The van der Waals surface area contributed by atoms with Crippen molar-refractivity contribution in [3.63, 3.8) is 0 Å². The molecule has 3 heterocycles. The van der Waals surface area contributed by atoms with Gasteiger partial charge in [-0.25, -0.2) is 4.79 Å². The number of piperazine rings is 1. The molecule has 1 fully saturated rings. The summed E-state index contributed by atoms with van der Waals surface area (Å²) >= 11 is 0. The first-order valence-electron chi connectivity index (χ1n) is 16.0. The first-order chi connectivity index (χ1) is 22.8. The highest BCUT2D eigenvalue weighted by Gasteiger charge is 2.26. The number of rotatable bonds is 6. The number of nitrogens with zero attached hydrogens (tertiary/aromatic N) is 4. The molecular formula is C40H38N4O3. The molecule has 0 aliphatic carbocycles. The van der Waals surface area contributed by atoms with E-state index in [4.69, 9.17) is 14.1 Å². The summed E-state index contributed by atoms with van der Waals surface area (Å²) in [5.41, 5.74) is 9.50. The van der Waals surface area contributed by atoms with Crippen molar-refractivity contribution in [3.8, 4) is 22.3 Å². The normalized spacial score (nSPS) is 13.5. The Kier molecular flexibility index (Phi) is 8.12. The SMILES string of the molecule is CC(C)(C)OC(=O)N1CCN(c2ccc(-c3cnc4c(-c5cccc(N(c6ccccc6)c6ccccc6)c5)coc4c3)cc2)CC1. The summed E-state index contributed by atoms with van der Waals surface area (Å²) in [6.07, 6.45) is 3.47.